The van der Waals surface area contributed by atoms with Gasteiger partial charge in [-0.3, -0.25) is 0 Å². The molecular weight excluding hydrogens is 308 g/mol. The highest BCUT2D eigenvalue weighted by molar-refractivity contribution is 4.89. The van der Waals surface area contributed by atoms with Crippen molar-refractivity contribution in [3.8, 4) is 0 Å². The van der Waals surface area contributed by atoms with Crippen molar-refractivity contribution >= 4 is 0 Å². The summed E-state index contributed by atoms with van der Waals surface area (Å²) in [7, 11) is 0. The van der Waals surface area contributed by atoms with E-state index in [9.17, 15) is 10.2 Å². The van der Waals surface area contributed by atoms with Gasteiger partial charge in [0.2, 0.25) is 0 Å². The highest BCUT2D eigenvalue weighted by Gasteiger charge is 2.40. The van der Waals surface area contributed by atoms with E-state index in [1.807, 2.05) is 0 Å². The number of rotatable bonds is 14. The maximum absolute atomic E-state index is 9.83. The third-order valence-corrected chi connectivity index (χ3v) is 4.45. The van der Waals surface area contributed by atoms with Gasteiger partial charge in [0.15, 0.2) is 0 Å². The molecule has 3 N–H and O–H groups in total. The second kappa shape index (κ2) is 13.8. The molecule has 0 aromatic heterocycles. The predicted molar refractivity (Wildman–Crippen MR) is 94.9 cm³/mol. The summed E-state index contributed by atoms with van der Waals surface area (Å²) in [6.45, 7) is 2.53. The first-order chi connectivity index (χ1) is 11.7. The predicted octanol–water partition coefficient (Wildman–Crippen LogP) is 2.57. The van der Waals surface area contributed by atoms with Crippen LogP contribution >= 0.6 is 0 Å². The van der Waals surface area contributed by atoms with Crippen LogP contribution < -0.4 is 0 Å². The fourth-order valence-corrected chi connectivity index (χ4v) is 2.94. The maximum Gasteiger partial charge on any atom is 0.114 e. The number of aliphatic hydroxyl groups excluding tert-OH is 3. The fourth-order valence-electron chi connectivity index (χ4n) is 2.94. The van der Waals surface area contributed by atoms with E-state index >= 15 is 0 Å². The molecule has 5 nitrogen and oxygen atoms in total. The van der Waals surface area contributed by atoms with Gasteiger partial charge in [-0.2, -0.15) is 0 Å². The smallest absolute Gasteiger partial charge is 0.114 e. The Morgan fingerprint density at radius 1 is 1.08 bits per heavy atom. The number of unbranched alkanes of at least 4 members (excludes halogenated alkanes) is 7. The zero-order chi connectivity index (χ0) is 17.6. The molecule has 0 bridgehead atoms. The van der Waals surface area contributed by atoms with Crippen LogP contribution in [0.3, 0.4) is 0 Å². The molecule has 1 rings (SSSR count). The molecule has 0 aliphatic carbocycles. The van der Waals surface area contributed by atoms with E-state index in [2.05, 4.69) is 19.1 Å². The Morgan fingerprint density at radius 2 is 1.75 bits per heavy atom. The number of hydrogen-bond acceptors (Lipinski definition) is 5. The van der Waals surface area contributed by atoms with Gasteiger partial charge in [0.25, 0.3) is 0 Å². The Hall–Kier alpha value is -0.460. The van der Waals surface area contributed by atoms with Crippen molar-refractivity contribution in [1.82, 2.24) is 0 Å². The fraction of sp³-hybridized carbons (Fsp3) is 0.895. The van der Waals surface area contributed by atoms with Crippen LogP contribution in [0.4, 0.5) is 0 Å². The van der Waals surface area contributed by atoms with E-state index in [4.69, 9.17) is 14.6 Å². The monoisotopic (exact) mass is 344 g/mol. The highest BCUT2D eigenvalue weighted by atomic mass is 16.6. The van der Waals surface area contributed by atoms with Crippen molar-refractivity contribution in [2.24, 2.45) is 0 Å². The van der Waals surface area contributed by atoms with Gasteiger partial charge in [0, 0.05) is 6.61 Å². The normalized spacial score (nSPS) is 25.6. The lowest BCUT2D eigenvalue weighted by atomic mass is 10.1. The second-order valence-electron chi connectivity index (χ2n) is 6.62. The van der Waals surface area contributed by atoms with Crippen molar-refractivity contribution < 1.29 is 24.8 Å². The molecule has 0 unspecified atom stereocenters. The summed E-state index contributed by atoms with van der Waals surface area (Å²) in [5.74, 6) is 0. The minimum Gasteiger partial charge on any atom is -0.394 e. The molecule has 1 heterocycles. The van der Waals surface area contributed by atoms with Gasteiger partial charge < -0.3 is 24.8 Å². The lowest BCUT2D eigenvalue weighted by Crippen LogP contribution is -2.42. The van der Waals surface area contributed by atoms with Crippen LogP contribution in [0.25, 0.3) is 0 Å². The largest absolute Gasteiger partial charge is 0.394 e. The molecule has 24 heavy (non-hydrogen) atoms. The number of aliphatic hydroxyl groups is 3. The average molecular weight is 344 g/mol. The number of allylic oxidation sites excluding steroid dienone is 2. The van der Waals surface area contributed by atoms with Gasteiger partial charge >= 0.3 is 0 Å². The third-order valence-electron chi connectivity index (χ3n) is 4.45. The van der Waals surface area contributed by atoms with Gasteiger partial charge in [0.05, 0.1) is 13.2 Å². The van der Waals surface area contributed by atoms with E-state index in [1.54, 1.807) is 0 Å². The Morgan fingerprint density at radius 3 is 2.42 bits per heavy atom. The van der Waals surface area contributed by atoms with Crippen LogP contribution in [0.1, 0.15) is 64.7 Å². The molecule has 1 aliphatic heterocycles. The molecule has 0 radical (unpaired) electrons. The minimum absolute atomic E-state index is 0.146. The molecule has 1 fully saturated rings. The van der Waals surface area contributed by atoms with Gasteiger partial charge in [-0.05, 0) is 32.1 Å². The van der Waals surface area contributed by atoms with Crippen molar-refractivity contribution in [2.45, 2.75) is 89.1 Å². The zero-order valence-electron chi connectivity index (χ0n) is 15.1. The Balaban J connectivity index is 2.01. The molecular formula is C19H36O5. The zero-order valence-corrected chi connectivity index (χ0v) is 15.1. The number of ether oxygens (including phenoxy) is 2. The molecule has 5 heteroatoms. The Labute approximate surface area is 146 Å². The third kappa shape index (κ3) is 8.58. The van der Waals surface area contributed by atoms with Crippen LogP contribution in [-0.2, 0) is 9.47 Å². The molecule has 142 valence electrons. The first-order valence-electron chi connectivity index (χ1n) is 9.55. The first-order valence-corrected chi connectivity index (χ1v) is 9.55. The van der Waals surface area contributed by atoms with Crippen LogP contribution in [0.15, 0.2) is 12.2 Å². The lowest BCUT2D eigenvalue weighted by Gasteiger charge is -2.23. The standard InChI is InChI=1S/C19H36O5/c1-2-3-4-5-6-7-8-9-10-11-12-13-23-19-17(22)15-24-18(19)16(21)14-20/h8-9,16-22H,2-7,10-15H2,1H3/b9-8+/t16-,17+,18-,19-/m1/s1. The molecule has 0 aromatic carbocycles. The Kier molecular flexibility index (Phi) is 12.4. The van der Waals surface area contributed by atoms with Crippen molar-refractivity contribution in [1.29, 1.82) is 0 Å². The summed E-state index contributed by atoms with van der Waals surface area (Å²) in [5.41, 5.74) is 0. The van der Waals surface area contributed by atoms with Crippen LogP contribution in [0.2, 0.25) is 0 Å². The van der Waals surface area contributed by atoms with Crippen molar-refractivity contribution in [3.05, 3.63) is 12.2 Å². The topological polar surface area (TPSA) is 79.2 Å². The average Bonchev–Trinajstić information content (AvgIpc) is 2.96. The van der Waals surface area contributed by atoms with Gasteiger partial charge in [-0.25, -0.2) is 0 Å². The van der Waals surface area contributed by atoms with E-state index in [0.29, 0.717) is 6.61 Å². The molecule has 0 spiro atoms. The number of hydrogen-bond donors (Lipinski definition) is 3. The van der Waals surface area contributed by atoms with Gasteiger partial charge in [-0.1, -0.05) is 44.8 Å². The van der Waals surface area contributed by atoms with Crippen LogP contribution in [0.5, 0.6) is 0 Å². The van der Waals surface area contributed by atoms with Gasteiger partial charge in [0.1, 0.15) is 24.4 Å². The minimum atomic E-state index is -1.01. The molecule has 1 aliphatic rings. The molecule has 1 saturated heterocycles. The van der Waals surface area contributed by atoms with Gasteiger partial charge in [-0.15, -0.1) is 0 Å². The summed E-state index contributed by atoms with van der Waals surface area (Å²) in [6, 6.07) is 0. The van der Waals surface area contributed by atoms with E-state index in [1.165, 1.54) is 38.5 Å². The summed E-state index contributed by atoms with van der Waals surface area (Å²) in [4.78, 5) is 0. The van der Waals surface area contributed by atoms with E-state index in [-0.39, 0.29) is 13.2 Å². The molecule has 0 saturated carbocycles. The quantitative estimate of drug-likeness (QED) is 0.333. The lowest BCUT2D eigenvalue weighted by molar-refractivity contribution is -0.0937. The van der Waals surface area contributed by atoms with Crippen molar-refractivity contribution in [3.63, 3.8) is 0 Å². The molecule has 0 aromatic rings. The van der Waals surface area contributed by atoms with E-state index < -0.39 is 24.4 Å². The summed E-state index contributed by atoms with van der Waals surface area (Å²) in [5, 5.41) is 28.5. The maximum atomic E-state index is 9.83. The first kappa shape index (κ1) is 21.6. The summed E-state index contributed by atoms with van der Waals surface area (Å²) >= 11 is 0. The molecule has 4 atom stereocenters. The summed E-state index contributed by atoms with van der Waals surface area (Å²) in [6.07, 6.45) is 12.4. The SMILES string of the molecule is CCCCCCC/C=C/CCCCO[C@H]1[C@@H]([C@H](O)CO)OC[C@@H]1O. The van der Waals surface area contributed by atoms with Crippen molar-refractivity contribution in [2.75, 3.05) is 19.8 Å². The molecule has 0 amide bonds. The van der Waals surface area contributed by atoms with Crippen LogP contribution in [-0.4, -0.2) is 59.6 Å². The Bertz CT molecular complexity index is 321. The van der Waals surface area contributed by atoms with E-state index in [0.717, 1.165) is 19.3 Å². The second-order valence-corrected chi connectivity index (χ2v) is 6.62. The summed E-state index contributed by atoms with van der Waals surface area (Å²) < 4.78 is 11.0. The highest BCUT2D eigenvalue weighted by Crippen LogP contribution is 2.21. The van der Waals surface area contributed by atoms with Crippen LogP contribution in [0, 0.1) is 0 Å².